The SMILES string of the molecule is O=C1CC[C@H]([N+](=O)[O-])[C@@H](c2ccc(C(F)(F)F)nc2)C1. The fourth-order valence-corrected chi connectivity index (χ4v) is 2.38. The number of pyridine rings is 1. The van der Waals surface area contributed by atoms with Gasteiger partial charge in [0.2, 0.25) is 6.04 Å². The van der Waals surface area contributed by atoms with Crippen LogP contribution in [0, 0.1) is 10.1 Å². The summed E-state index contributed by atoms with van der Waals surface area (Å²) in [6.45, 7) is 0. The van der Waals surface area contributed by atoms with Gasteiger partial charge in [-0.25, -0.2) is 0 Å². The second kappa shape index (κ2) is 5.18. The predicted molar refractivity (Wildman–Crippen MR) is 61.6 cm³/mol. The van der Waals surface area contributed by atoms with E-state index in [0.29, 0.717) is 5.56 Å². The number of hydrogen-bond acceptors (Lipinski definition) is 4. The van der Waals surface area contributed by atoms with Crippen LogP contribution in [0.5, 0.6) is 0 Å². The average Bonchev–Trinajstić information content (AvgIpc) is 2.37. The van der Waals surface area contributed by atoms with Gasteiger partial charge in [-0.15, -0.1) is 0 Å². The summed E-state index contributed by atoms with van der Waals surface area (Å²) < 4.78 is 37.2. The molecule has 0 aromatic carbocycles. The van der Waals surface area contributed by atoms with Gasteiger partial charge in [-0.1, -0.05) is 6.07 Å². The van der Waals surface area contributed by atoms with E-state index in [1.807, 2.05) is 0 Å². The molecule has 1 heterocycles. The first kappa shape index (κ1) is 14.4. The highest BCUT2D eigenvalue weighted by Gasteiger charge is 2.39. The summed E-state index contributed by atoms with van der Waals surface area (Å²) >= 11 is 0. The number of nitro groups is 1. The highest BCUT2D eigenvalue weighted by molar-refractivity contribution is 5.80. The van der Waals surface area contributed by atoms with E-state index >= 15 is 0 Å². The van der Waals surface area contributed by atoms with Gasteiger partial charge in [0.25, 0.3) is 0 Å². The van der Waals surface area contributed by atoms with Gasteiger partial charge in [0.15, 0.2) is 0 Å². The van der Waals surface area contributed by atoms with Crippen LogP contribution in [0.15, 0.2) is 18.3 Å². The molecular formula is C12H11F3N2O3. The second-order valence-electron chi connectivity index (χ2n) is 4.72. The molecule has 2 atom stereocenters. The summed E-state index contributed by atoms with van der Waals surface area (Å²) in [5.41, 5.74) is -0.756. The highest BCUT2D eigenvalue weighted by atomic mass is 19.4. The molecule has 1 aliphatic carbocycles. The molecule has 0 N–H and O–H groups in total. The Morgan fingerprint density at radius 3 is 2.55 bits per heavy atom. The lowest BCUT2D eigenvalue weighted by Crippen LogP contribution is -2.34. The van der Waals surface area contributed by atoms with E-state index in [-0.39, 0.29) is 25.0 Å². The molecule has 0 bridgehead atoms. The van der Waals surface area contributed by atoms with Crippen molar-refractivity contribution in [3.8, 4) is 0 Å². The Bertz CT molecular complexity index is 528. The van der Waals surface area contributed by atoms with E-state index in [9.17, 15) is 28.1 Å². The van der Waals surface area contributed by atoms with Crippen LogP contribution in [0.2, 0.25) is 0 Å². The summed E-state index contributed by atoms with van der Waals surface area (Å²) in [7, 11) is 0. The molecule has 1 aliphatic rings. The third-order valence-electron chi connectivity index (χ3n) is 3.41. The Hall–Kier alpha value is -1.99. The maximum Gasteiger partial charge on any atom is 0.433 e. The molecule has 0 spiro atoms. The smallest absolute Gasteiger partial charge is 0.300 e. The summed E-state index contributed by atoms with van der Waals surface area (Å²) in [6, 6.07) is 0.993. The number of carbonyl (C=O) groups is 1. The minimum Gasteiger partial charge on any atom is -0.300 e. The van der Waals surface area contributed by atoms with E-state index in [0.717, 1.165) is 18.3 Å². The first-order valence-electron chi connectivity index (χ1n) is 5.97. The van der Waals surface area contributed by atoms with Crippen molar-refractivity contribution >= 4 is 5.78 Å². The normalized spacial score (nSPS) is 23.6. The van der Waals surface area contributed by atoms with Gasteiger partial charge in [-0.05, 0) is 11.6 Å². The van der Waals surface area contributed by atoms with Crippen molar-refractivity contribution < 1.29 is 22.9 Å². The standard InChI is InChI=1S/C12H11F3N2O3/c13-12(14,15)11-4-1-7(6-16-11)9-5-8(18)2-3-10(9)17(19)20/h1,4,6,9-10H,2-3,5H2/t9-,10+/m1/s1. The minimum atomic E-state index is -4.55. The molecule has 2 rings (SSSR count). The quantitative estimate of drug-likeness (QED) is 0.619. The zero-order chi connectivity index (χ0) is 14.9. The molecule has 1 aromatic rings. The number of halogens is 3. The van der Waals surface area contributed by atoms with Crippen molar-refractivity contribution in [2.45, 2.75) is 37.4 Å². The molecule has 1 fully saturated rings. The van der Waals surface area contributed by atoms with Gasteiger partial charge in [0.05, 0.1) is 5.92 Å². The minimum absolute atomic E-state index is 0.0291. The fraction of sp³-hybridized carbons (Fsp3) is 0.500. The van der Waals surface area contributed by atoms with Crippen LogP contribution in [0.3, 0.4) is 0 Å². The van der Waals surface area contributed by atoms with Gasteiger partial charge in [-0.3, -0.25) is 19.9 Å². The number of aromatic nitrogens is 1. The summed E-state index contributed by atoms with van der Waals surface area (Å²) in [5, 5.41) is 11.0. The van der Waals surface area contributed by atoms with E-state index in [4.69, 9.17) is 0 Å². The second-order valence-corrected chi connectivity index (χ2v) is 4.72. The molecule has 0 unspecified atom stereocenters. The van der Waals surface area contributed by atoms with Crippen molar-refractivity contribution in [1.82, 2.24) is 4.98 Å². The first-order valence-corrected chi connectivity index (χ1v) is 5.97. The Balaban J connectivity index is 2.28. The largest absolute Gasteiger partial charge is 0.433 e. The molecule has 1 saturated carbocycles. The molecule has 0 amide bonds. The molecule has 8 heteroatoms. The van der Waals surface area contributed by atoms with Crippen LogP contribution in [-0.4, -0.2) is 21.7 Å². The molecule has 5 nitrogen and oxygen atoms in total. The number of Topliss-reactive ketones (excluding diaryl/α,β-unsaturated/α-hetero) is 1. The fourth-order valence-electron chi connectivity index (χ4n) is 2.38. The number of ketones is 1. The number of rotatable bonds is 2. The highest BCUT2D eigenvalue weighted by Crippen LogP contribution is 2.34. The lowest BCUT2D eigenvalue weighted by Gasteiger charge is -2.24. The maximum absolute atomic E-state index is 12.4. The van der Waals surface area contributed by atoms with Crippen LogP contribution >= 0.6 is 0 Å². The zero-order valence-corrected chi connectivity index (χ0v) is 10.3. The number of nitrogens with zero attached hydrogens (tertiary/aromatic N) is 2. The van der Waals surface area contributed by atoms with Gasteiger partial charge >= 0.3 is 6.18 Å². The van der Waals surface area contributed by atoms with Crippen molar-refractivity contribution in [1.29, 1.82) is 0 Å². The van der Waals surface area contributed by atoms with Gasteiger partial charge in [0.1, 0.15) is 11.5 Å². The van der Waals surface area contributed by atoms with Crippen LogP contribution in [0.4, 0.5) is 13.2 Å². The van der Waals surface area contributed by atoms with E-state index in [1.54, 1.807) is 0 Å². The number of hydrogen-bond donors (Lipinski definition) is 0. The average molecular weight is 288 g/mol. The Morgan fingerprint density at radius 1 is 1.35 bits per heavy atom. The summed E-state index contributed by atoms with van der Waals surface area (Å²) in [4.78, 5) is 25.2. The maximum atomic E-state index is 12.4. The van der Waals surface area contributed by atoms with Crippen molar-refractivity contribution in [2.24, 2.45) is 0 Å². The Labute approximate surface area is 112 Å². The van der Waals surface area contributed by atoms with Crippen molar-refractivity contribution in [2.75, 3.05) is 0 Å². The number of alkyl halides is 3. The molecule has 20 heavy (non-hydrogen) atoms. The predicted octanol–water partition coefficient (Wildman–Crippen LogP) is 2.58. The molecular weight excluding hydrogens is 277 g/mol. The third-order valence-corrected chi connectivity index (χ3v) is 3.41. The Morgan fingerprint density at radius 2 is 2.05 bits per heavy atom. The topological polar surface area (TPSA) is 73.1 Å². The Kier molecular flexibility index (Phi) is 3.74. The molecule has 0 saturated heterocycles. The summed E-state index contributed by atoms with van der Waals surface area (Å²) in [6.07, 6.45) is -3.36. The van der Waals surface area contributed by atoms with Crippen LogP contribution in [-0.2, 0) is 11.0 Å². The van der Waals surface area contributed by atoms with Gasteiger partial charge < -0.3 is 0 Å². The first-order chi connectivity index (χ1) is 9.29. The van der Waals surface area contributed by atoms with E-state index in [1.165, 1.54) is 0 Å². The van der Waals surface area contributed by atoms with Gasteiger partial charge in [0, 0.05) is 30.4 Å². The van der Waals surface area contributed by atoms with Crippen molar-refractivity contribution in [3.05, 3.63) is 39.7 Å². The lowest BCUT2D eigenvalue weighted by molar-refractivity contribution is -0.528. The lowest BCUT2D eigenvalue weighted by atomic mass is 9.80. The van der Waals surface area contributed by atoms with E-state index in [2.05, 4.69) is 4.98 Å². The summed E-state index contributed by atoms with van der Waals surface area (Å²) in [5.74, 6) is -0.825. The van der Waals surface area contributed by atoms with E-state index < -0.39 is 28.8 Å². The zero-order valence-electron chi connectivity index (χ0n) is 10.3. The monoisotopic (exact) mass is 288 g/mol. The molecule has 0 radical (unpaired) electrons. The van der Waals surface area contributed by atoms with Crippen LogP contribution < -0.4 is 0 Å². The van der Waals surface area contributed by atoms with Gasteiger partial charge in [-0.2, -0.15) is 13.2 Å². The van der Waals surface area contributed by atoms with Crippen molar-refractivity contribution in [3.63, 3.8) is 0 Å². The number of carbonyl (C=O) groups excluding carboxylic acids is 1. The van der Waals surface area contributed by atoms with Crippen LogP contribution in [0.1, 0.15) is 36.4 Å². The van der Waals surface area contributed by atoms with Crippen LogP contribution in [0.25, 0.3) is 0 Å². The molecule has 1 aromatic heterocycles. The third kappa shape index (κ3) is 2.94. The molecule has 108 valence electrons. The molecule has 0 aliphatic heterocycles.